The molecule has 4 rings (SSSR count). The number of halogens is 2. The topological polar surface area (TPSA) is 95.8 Å². The summed E-state index contributed by atoms with van der Waals surface area (Å²) < 4.78 is 26.9. The van der Waals surface area contributed by atoms with Gasteiger partial charge in [-0.15, -0.1) is 0 Å². The Labute approximate surface area is 163 Å². The first kappa shape index (κ1) is 19.0. The predicted molar refractivity (Wildman–Crippen MR) is 104 cm³/mol. The molecule has 2 saturated carbocycles. The van der Waals surface area contributed by atoms with Crippen LogP contribution in [0.1, 0.15) is 56.6 Å². The summed E-state index contributed by atoms with van der Waals surface area (Å²) in [6, 6.07) is 4.25. The Hall–Kier alpha value is -2.29. The average molecular weight is 391 g/mol. The van der Waals surface area contributed by atoms with Crippen LogP contribution in [0.15, 0.2) is 18.3 Å². The lowest BCUT2D eigenvalue weighted by molar-refractivity contribution is 0.00766. The van der Waals surface area contributed by atoms with Crippen molar-refractivity contribution >= 4 is 17.6 Å². The van der Waals surface area contributed by atoms with Gasteiger partial charge in [-0.1, -0.05) is 0 Å². The average Bonchev–Trinajstić information content (AvgIpc) is 3.28. The maximum absolute atomic E-state index is 13.5. The summed E-state index contributed by atoms with van der Waals surface area (Å²) in [5.74, 6) is -0.904. The molecule has 0 spiro atoms. The van der Waals surface area contributed by atoms with Crippen LogP contribution in [0.2, 0.25) is 0 Å². The Bertz CT molecular complexity index is 801. The monoisotopic (exact) mass is 391 g/mol. The highest BCUT2D eigenvalue weighted by Gasteiger charge is 2.40. The molecule has 4 N–H and O–H groups in total. The van der Waals surface area contributed by atoms with Crippen molar-refractivity contribution in [3.05, 3.63) is 24.0 Å². The Balaban J connectivity index is 1.41. The molecule has 28 heavy (non-hydrogen) atoms. The molecule has 2 aromatic rings. The Morgan fingerprint density at radius 3 is 2.71 bits per heavy atom. The lowest BCUT2D eigenvalue weighted by Crippen LogP contribution is -2.39. The van der Waals surface area contributed by atoms with Gasteiger partial charge in [-0.05, 0) is 38.2 Å². The van der Waals surface area contributed by atoms with Crippen LogP contribution < -0.4 is 16.0 Å². The summed E-state index contributed by atoms with van der Waals surface area (Å²) in [6.45, 7) is 0. The minimum atomic E-state index is -2.57. The molecular formula is C19H27F2N7. The third kappa shape index (κ3) is 4.24. The molecule has 7 nitrogen and oxygen atoms in total. The number of anilines is 3. The molecule has 0 amide bonds. The van der Waals surface area contributed by atoms with Gasteiger partial charge in [0.2, 0.25) is 11.9 Å². The second-order valence-electron chi connectivity index (χ2n) is 8.05. The molecule has 0 bridgehead atoms. The first-order chi connectivity index (χ1) is 13.4. The number of alkyl halides is 2. The number of nitrogens with zero attached hydrogens (tertiary/aromatic N) is 4. The van der Waals surface area contributed by atoms with Crippen LogP contribution in [0.25, 0.3) is 0 Å². The molecule has 152 valence electrons. The molecular weight excluding hydrogens is 364 g/mol. The summed E-state index contributed by atoms with van der Waals surface area (Å²) in [4.78, 5) is 11.1. The highest BCUT2D eigenvalue weighted by atomic mass is 19.3. The Morgan fingerprint density at radius 2 is 2.00 bits per heavy atom. The highest BCUT2D eigenvalue weighted by Crippen LogP contribution is 2.43. The molecule has 0 saturated heterocycles. The minimum Gasteiger partial charge on any atom is -0.341 e. The van der Waals surface area contributed by atoms with Gasteiger partial charge >= 0.3 is 0 Å². The minimum absolute atomic E-state index is 0.0624. The maximum atomic E-state index is 13.5. The highest BCUT2D eigenvalue weighted by molar-refractivity contribution is 5.53. The van der Waals surface area contributed by atoms with E-state index in [1.54, 1.807) is 18.3 Å². The van der Waals surface area contributed by atoms with Gasteiger partial charge in [0.1, 0.15) is 5.82 Å². The Morgan fingerprint density at radius 1 is 1.21 bits per heavy atom. The summed E-state index contributed by atoms with van der Waals surface area (Å²) in [5.41, 5.74) is 6.74. The number of hydrogen-bond donors (Lipinski definition) is 3. The lowest BCUT2D eigenvalue weighted by Gasteiger charge is -2.33. The number of H-pyrrole nitrogens is 1. The van der Waals surface area contributed by atoms with Gasteiger partial charge in [0.15, 0.2) is 5.82 Å². The fourth-order valence-electron chi connectivity index (χ4n) is 4.20. The van der Waals surface area contributed by atoms with E-state index in [4.69, 9.17) is 5.73 Å². The molecule has 0 radical (unpaired) electrons. The van der Waals surface area contributed by atoms with E-state index in [2.05, 4.69) is 30.4 Å². The maximum Gasteiger partial charge on any atom is 0.248 e. The van der Waals surface area contributed by atoms with Crippen molar-refractivity contribution < 1.29 is 8.78 Å². The predicted octanol–water partition coefficient (Wildman–Crippen LogP) is 3.55. The van der Waals surface area contributed by atoms with Crippen molar-refractivity contribution in [1.29, 1.82) is 0 Å². The molecule has 2 aliphatic carbocycles. The van der Waals surface area contributed by atoms with Crippen LogP contribution in [-0.2, 0) is 0 Å². The summed E-state index contributed by atoms with van der Waals surface area (Å²) in [6.07, 6.45) is 6.10. The number of nitrogens with one attached hydrogen (secondary N) is 2. The molecule has 2 aliphatic rings. The van der Waals surface area contributed by atoms with E-state index in [0.29, 0.717) is 36.1 Å². The van der Waals surface area contributed by atoms with Crippen LogP contribution in [0.5, 0.6) is 0 Å². The van der Waals surface area contributed by atoms with Crippen LogP contribution in [0.4, 0.5) is 26.4 Å². The summed E-state index contributed by atoms with van der Waals surface area (Å²) >= 11 is 0. The van der Waals surface area contributed by atoms with Crippen LogP contribution >= 0.6 is 0 Å². The van der Waals surface area contributed by atoms with E-state index in [1.807, 2.05) is 7.05 Å². The quantitative estimate of drug-likeness (QED) is 0.721. The van der Waals surface area contributed by atoms with E-state index in [-0.39, 0.29) is 18.8 Å². The number of nitrogens with two attached hydrogens (primary N) is 1. The van der Waals surface area contributed by atoms with Crippen LogP contribution in [0, 0.1) is 0 Å². The molecule has 1 unspecified atom stereocenters. The SMILES string of the molecule is CN(c1nccc(Nc2cc(C3CCC(F)(F)C3)[nH]n2)n1)C1CCC(N)CC1. The van der Waals surface area contributed by atoms with Crippen LogP contribution in [-0.4, -0.2) is 45.2 Å². The number of hydrogen-bond acceptors (Lipinski definition) is 6. The molecule has 9 heteroatoms. The first-order valence-electron chi connectivity index (χ1n) is 9.91. The number of aromatic amines is 1. The van der Waals surface area contributed by atoms with E-state index < -0.39 is 5.92 Å². The summed E-state index contributed by atoms with van der Waals surface area (Å²) in [7, 11) is 2.01. The molecule has 2 heterocycles. The van der Waals surface area contributed by atoms with Crippen molar-refractivity contribution in [3.8, 4) is 0 Å². The van der Waals surface area contributed by atoms with Gasteiger partial charge in [-0.2, -0.15) is 10.1 Å². The van der Waals surface area contributed by atoms with Crippen molar-refractivity contribution in [3.63, 3.8) is 0 Å². The zero-order chi connectivity index (χ0) is 19.7. The molecule has 0 aromatic carbocycles. The van der Waals surface area contributed by atoms with Gasteiger partial charge in [-0.25, -0.2) is 13.8 Å². The van der Waals surface area contributed by atoms with E-state index >= 15 is 0 Å². The molecule has 2 fully saturated rings. The first-order valence-corrected chi connectivity index (χ1v) is 9.91. The van der Waals surface area contributed by atoms with Gasteiger partial charge < -0.3 is 16.0 Å². The largest absolute Gasteiger partial charge is 0.341 e. The van der Waals surface area contributed by atoms with Gasteiger partial charge in [0.25, 0.3) is 0 Å². The fraction of sp³-hybridized carbons (Fsp3) is 0.632. The van der Waals surface area contributed by atoms with Crippen molar-refractivity contribution in [1.82, 2.24) is 20.2 Å². The fourth-order valence-corrected chi connectivity index (χ4v) is 4.20. The van der Waals surface area contributed by atoms with E-state index in [1.165, 1.54) is 0 Å². The number of aromatic nitrogens is 4. The second-order valence-corrected chi connectivity index (χ2v) is 8.05. The smallest absolute Gasteiger partial charge is 0.248 e. The van der Waals surface area contributed by atoms with E-state index in [9.17, 15) is 8.78 Å². The lowest BCUT2D eigenvalue weighted by atomic mass is 9.91. The van der Waals surface area contributed by atoms with Gasteiger partial charge in [0.05, 0.1) is 0 Å². The summed E-state index contributed by atoms with van der Waals surface area (Å²) in [5, 5.41) is 10.2. The third-order valence-corrected chi connectivity index (χ3v) is 5.94. The third-order valence-electron chi connectivity index (χ3n) is 5.94. The molecule has 2 aromatic heterocycles. The Kier molecular flexibility index (Phi) is 5.18. The molecule has 1 atom stereocenters. The second kappa shape index (κ2) is 7.62. The van der Waals surface area contributed by atoms with Crippen LogP contribution in [0.3, 0.4) is 0 Å². The normalized spacial score (nSPS) is 26.9. The van der Waals surface area contributed by atoms with Gasteiger partial charge in [0, 0.05) is 55.8 Å². The number of rotatable bonds is 5. The van der Waals surface area contributed by atoms with Crippen molar-refractivity contribution in [2.45, 2.75) is 68.9 Å². The standard InChI is InChI=1S/C19H27F2N7/c1-28(14-4-2-13(22)3-5-14)18-23-9-7-16(25-18)24-17-10-15(26-27-17)12-6-8-19(20,21)11-12/h7,9-10,12-14H,2-6,8,11,22H2,1H3,(H2,23,24,25,26,27). The zero-order valence-electron chi connectivity index (χ0n) is 16.0. The molecule has 0 aliphatic heterocycles. The van der Waals surface area contributed by atoms with Gasteiger partial charge in [-0.3, -0.25) is 5.10 Å². The van der Waals surface area contributed by atoms with Crippen molar-refractivity contribution in [2.24, 2.45) is 5.73 Å². The van der Waals surface area contributed by atoms with Crippen molar-refractivity contribution in [2.75, 3.05) is 17.3 Å². The zero-order valence-corrected chi connectivity index (χ0v) is 16.0. The van der Waals surface area contributed by atoms with E-state index in [0.717, 1.165) is 31.4 Å².